The van der Waals surface area contributed by atoms with Crippen LogP contribution in [0, 0.1) is 10.1 Å². The molecule has 0 bridgehead atoms. The zero-order valence-electron chi connectivity index (χ0n) is 7.52. The van der Waals surface area contributed by atoms with Crippen LogP contribution in [0.4, 0.5) is 14.6 Å². The minimum absolute atomic E-state index is 0.118. The van der Waals surface area contributed by atoms with E-state index >= 15 is 0 Å². The van der Waals surface area contributed by atoms with Crippen LogP contribution in [-0.2, 0) is 0 Å². The second-order valence-corrected chi connectivity index (χ2v) is 3.40. The largest absolute Gasteiger partial charge is 0.489 e. The highest BCUT2D eigenvalue weighted by Crippen LogP contribution is 2.31. The zero-order chi connectivity index (χ0) is 11.4. The van der Waals surface area contributed by atoms with Gasteiger partial charge in [-0.2, -0.15) is 8.78 Å². The molecule has 82 valence electrons. The summed E-state index contributed by atoms with van der Waals surface area (Å²) >= 11 is 0.250. The van der Waals surface area contributed by atoms with Crippen molar-refractivity contribution in [3.8, 4) is 5.75 Å². The number of rotatable bonds is 4. The van der Waals surface area contributed by atoms with Crippen LogP contribution in [0.15, 0.2) is 17.2 Å². The normalized spacial score (nSPS) is 10.4. The number of methoxy groups -OCH3 is 1. The van der Waals surface area contributed by atoms with Gasteiger partial charge in [-0.25, -0.2) is 0 Å². The predicted octanol–water partition coefficient (Wildman–Crippen LogP) is 2.31. The summed E-state index contributed by atoms with van der Waals surface area (Å²) in [5, 5.41) is 10.4. The third-order valence-electron chi connectivity index (χ3n) is 1.43. The van der Waals surface area contributed by atoms with E-state index < -0.39 is 16.5 Å². The minimum Gasteiger partial charge on any atom is -0.489 e. The van der Waals surface area contributed by atoms with Crippen molar-refractivity contribution < 1.29 is 18.4 Å². The summed E-state index contributed by atoms with van der Waals surface area (Å²) in [6.07, 6.45) is 1.01. The van der Waals surface area contributed by atoms with Gasteiger partial charge in [-0.3, -0.25) is 0 Å². The van der Waals surface area contributed by atoms with Gasteiger partial charge in [-0.1, -0.05) is 11.8 Å². The highest BCUT2D eigenvalue weighted by Gasteiger charge is 2.18. The summed E-state index contributed by atoms with van der Waals surface area (Å²) < 4.78 is 28.6. The van der Waals surface area contributed by atoms with Crippen LogP contribution >= 0.6 is 11.8 Å². The Morgan fingerprint density at radius 1 is 1.67 bits per heavy atom. The molecule has 0 atom stereocenters. The molecule has 0 aliphatic heterocycles. The quantitative estimate of drug-likeness (QED) is 0.456. The molecule has 0 N–H and O–H groups in total. The molecule has 8 heteroatoms. The first-order valence-electron chi connectivity index (χ1n) is 3.68. The average molecular weight is 236 g/mol. The number of nitro groups is 1. The van der Waals surface area contributed by atoms with E-state index in [1.165, 1.54) is 7.11 Å². The Kier molecular flexibility index (Phi) is 3.78. The van der Waals surface area contributed by atoms with E-state index in [0.29, 0.717) is 0 Å². The van der Waals surface area contributed by atoms with Crippen molar-refractivity contribution in [2.24, 2.45) is 0 Å². The molecular weight excluding hydrogens is 230 g/mol. The number of alkyl halides is 2. The summed E-state index contributed by atoms with van der Waals surface area (Å²) in [6.45, 7) is 0. The van der Waals surface area contributed by atoms with E-state index in [4.69, 9.17) is 0 Å². The Morgan fingerprint density at radius 3 is 2.80 bits per heavy atom. The first kappa shape index (κ1) is 11.6. The lowest BCUT2D eigenvalue weighted by Crippen LogP contribution is -1.97. The van der Waals surface area contributed by atoms with Gasteiger partial charge in [-0.05, 0) is 9.91 Å². The highest BCUT2D eigenvalue weighted by molar-refractivity contribution is 7.99. The molecule has 0 fully saturated rings. The van der Waals surface area contributed by atoms with Crippen LogP contribution in [0.1, 0.15) is 0 Å². The van der Waals surface area contributed by atoms with Gasteiger partial charge in [0.05, 0.1) is 12.0 Å². The van der Waals surface area contributed by atoms with E-state index in [1.807, 2.05) is 0 Å². The van der Waals surface area contributed by atoms with Crippen molar-refractivity contribution >= 4 is 17.6 Å². The fourth-order valence-corrected chi connectivity index (χ4v) is 1.37. The van der Waals surface area contributed by atoms with Gasteiger partial charge in [0.25, 0.3) is 5.76 Å². The summed E-state index contributed by atoms with van der Waals surface area (Å²) in [5.74, 6) is -3.22. The van der Waals surface area contributed by atoms with Crippen molar-refractivity contribution in [3.63, 3.8) is 0 Å². The van der Waals surface area contributed by atoms with Crippen LogP contribution in [0.3, 0.4) is 0 Å². The topological polar surface area (TPSA) is 65.3 Å². The second-order valence-electron chi connectivity index (χ2n) is 2.33. The van der Waals surface area contributed by atoms with E-state index in [-0.39, 0.29) is 22.4 Å². The van der Waals surface area contributed by atoms with E-state index in [2.05, 4.69) is 9.72 Å². The highest BCUT2D eigenvalue weighted by atomic mass is 32.2. The number of hydrogen-bond donors (Lipinski definition) is 0. The van der Waals surface area contributed by atoms with Gasteiger partial charge in [0, 0.05) is 6.07 Å². The Hall–Kier alpha value is -1.44. The summed E-state index contributed by atoms with van der Waals surface area (Å²) in [5.41, 5.74) is 0. The van der Waals surface area contributed by atoms with Crippen LogP contribution in [0.5, 0.6) is 5.75 Å². The molecule has 1 heterocycles. The van der Waals surface area contributed by atoms with Crippen LogP contribution in [-0.4, -0.2) is 22.8 Å². The van der Waals surface area contributed by atoms with Crippen LogP contribution in [0.25, 0.3) is 0 Å². The molecule has 1 rings (SSSR count). The SMILES string of the molecule is COc1cc(SC(F)F)cnc1[N+](=O)[O-]. The number of aromatic nitrogens is 1. The first-order chi connectivity index (χ1) is 7.04. The fourth-order valence-electron chi connectivity index (χ4n) is 0.874. The number of hydrogen-bond acceptors (Lipinski definition) is 5. The molecule has 0 aliphatic carbocycles. The Morgan fingerprint density at radius 2 is 2.33 bits per heavy atom. The number of ether oxygens (including phenoxy) is 1. The molecule has 1 aromatic heterocycles. The van der Waals surface area contributed by atoms with Gasteiger partial charge in [0.15, 0.2) is 6.20 Å². The summed E-state index contributed by atoms with van der Waals surface area (Å²) in [7, 11) is 1.21. The third kappa shape index (κ3) is 3.01. The van der Waals surface area contributed by atoms with Crippen molar-refractivity contribution in [2.75, 3.05) is 7.11 Å². The monoisotopic (exact) mass is 236 g/mol. The van der Waals surface area contributed by atoms with Crippen LogP contribution < -0.4 is 4.74 Å². The van der Waals surface area contributed by atoms with Gasteiger partial charge in [0.2, 0.25) is 5.75 Å². The molecule has 0 aliphatic rings. The second kappa shape index (κ2) is 4.87. The predicted molar refractivity (Wildman–Crippen MR) is 49.3 cm³/mol. The lowest BCUT2D eigenvalue weighted by Gasteiger charge is -2.02. The van der Waals surface area contributed by atoms with Gasteiger partial charge < -0.3 is 14.9 Å². The summed E-state index contributed by atoms with van der Waals surface area (Å²) in [6, 6.07) is 1.15. The molecule has 0 amide bonds. The van der Waals surface area contributed by atoms with Crippen molar-refractivity contribution in [1.29, 1.82) is 0 Å². The average Bonchev–Trinajstić information content (AvgIpc) is 2.16. The maximum atomic E-state index is 12.0. The molecule has 0 spiro atoms. The number of pyridine rings is 1. The van der Waals surface area contributed by atoms with Crippen LogP contribution in [0.2, 0.25) is 0 Å². The Balaban J connectivity index is 3.02. The number of halogens is 2. The maximum Gasteiger partial charge on any atom is 0.406 e. The first-order valence-corrected chi connectivity index (χ1v) is 4.55. The standard InChI is InChI=1S/C7H6F2N2O3S/c1-14-5-2-4(15-7(8)9)3-10-6(5)11(12)13/h2-3,7H,1H3. The summed E-state index contributed by atoms with van der Waals surface area (Å²) in [4.78, 5) is 13.2. The molecule has 0 saturated heterocycles. The molecular formula is C7H6F2N2O3S. The number of nitrogens with zero attached hydrogens (tertiary/aromatic N) is 2. The van der Waals surface area contributed by atoms with Gasteiger partial charge in [0.1, 0.15) is 0 Å². The minimum atomic E-state index is -2.60. The molecule has 5 nitrogen and oxygen atoms in total. The molecule has 0 saturated carbocycles. The van der Waals surface area contributed by atoms with Gasteiger partial charge in [-0.15, -0.1) is 0 Å². The zero-order valence-corrected chi connectivity index (χ0v) is 8.33. The van der Waals surface area contributed by atoms with E-state index in [1.54, 1.807) is 0 Å². The van der Waals surface area contributed by atoms with E-state index in [0.717, 1.165) is 12.3 Å². The lowest BCUT2D eigenvalue weighted by atomic mass is 10.4. The molecule has 15 heavy (non-hydrogen) atoms. The lowest BCUT2D eigenvalue weighted by molar-refractivity contribution is -0.390. The smallest absolute Gasteiger partial charge is 0.406 e. The van der Waals surface area contributed by atoms with Crippen molar-refractivity contribution in [3.05, 3.63) is 22.4 Å². The van der Waals surface area contributed by atoms with Crippen molar-refractivity contribution in [2.45, 2.75) is 10.7 Å². The van der Waals surface area contributed by atoms with E-state index in [9.17, 15) is 18.9 Å². The molecule has 0 unspecified atom stereocenters. The third-order valence-corrected chi connectivity index (χ3v) is 2.10. The van der Waals surface area contributed by atoms with Crippen molar-refractivity contribution in [1.82, 2.24) is 4.98 Å². The Bertz CT molecular complexity index is 375. The molecule has 0 radical (unpaired) electrons. The Labute approximate surface area is 87.6 Å². The van der Waals surface area contributed by atoms with Gasteiger partial charge >= 0.3 is 5.82 Å². The molecule has 1 aromatic rings. The molecule has 0 aromatic carbocycles. The fraction of sp³-hybridized carbons (Fsp3) is 0.286. The number of thioether (sulfide) groups is 1. The maximum absolute atomic E-state index is 12.0.